The minimum absolute atomic E-state index is 0.306. The second-order valence-electron chi connectivity index (χ2n) is 6.52. The molecule has 3 N–H and O–H groups in total. The first-order valence-corrected chi connectivity index (χ1v) is 8.99. The van der Waals surface area contributed by atoms with E-state index in [1.54, 1.807) is 18.2 Å². The lowest BCUT2D eigenvalue weighted by Crippen LogP contribution is -2.30. The van der Waals surface area contributed by atoms with Crippen LogP contribution in [0, 0.1) is 5.82 Å². The molecule has 140 valence electrons. The summed E-state index contributed by atoms with van der Waals surface area (Å²) >= 11 is 0. The highest BCUT2D eigenvalue weighted by molar-refractivity contribution is 5.57. The fraction of sp³-hybridized carbons (Fsp3) is 0.167. The third kappa shape index (κ3) is 4.98. The van der Waals surface area contributed by atoms with Crippen LogP contribution in [-0.2, 0) is 12.8 Å². The number of hydrogen-bond donors (Lipinski definition) is 2. The first-order valence-electron chi connectivity index (χ1n) is 8.99. The number of nitrogens with two attached hydrogens (primary N) is 1. The number of allylic oxidation sites excluding steroid dienone is 1. The molecule has 0 unspecified atom stereocenters. The van der Waals surface area contributed by atoms with Gasteiger partial charge in [0.2, 0.25) is 0 Å². The van der Waals surface area contributed by atoms with E-state index >= 15 is 0 Å². The number of aryl methyl sites for hydroxylation is 1. The summed E-state index contributed by atoms with van der Waals surface area (Å²) in [5, 5.41) is 4.66. The van der Waals surface area contributed by atoms with Crippen LogP contribution in [0.15, 0.2) is 61.8 Å². The maximum atomic E-state index is 14.5. The van der Waals surface area contributed by atoms with Crippen molar-refractivity contribution in [2.24, 2.45) is 5.73 Å². The van der Waals surface area contributed by atoms with Crippen molar-refractivity contribution in [1.82, 2.24) is 0 Å². The summed E-state index contributed by atoms with van der Waals surface area (Å²) in [5.74, 6) is -0.322. The number of rotatable bonds is 8. The van der Waals surface area contributed by atoms with E-state index in [9.17, 15) is 4.39 Å². The number of hydrogen-bond acceptors (Lipinski definition) is 2. The summed E-state index contributed by atoms with van der Waals surface area (Å²) in [6.45, 7) is 17.5. The van der Waals surface area contributed by atoms with Crippen molar-refractivity contribution in [3.63, 3.8) is 0 Å². The number of halogens is 1. The Morgan fingerprint density at radius 2 is 1.93 bits per heavy atom. The largest absolute Gasteiger partial charge is 0.401 e. The molecule has 2 aromatic carbocycles. The molecule has 2 rings (SSSR count). The second-order valence-corrected chi connectivity index (χ2v) is 6.52. The summed E-state index contributed by atoms with van der Waals surface area (Å²) in [5.41, 5.74) is 10.9. The van der Waals surface area contributed by atoms with Crippen LogP contribution in [0.3, 0.4) is 0 Å². The third-order valence-electron chi connectivity index (χ3n) is 4.44. The zero-order chi connectivity index (χ0) is 20.0. The normalized spacial score (nSPS) is 11.6. The quantitative estimate of drug-likeness (QED) is 0.689. The van der Waals surface area contributed by atoms with E-state index < -0.39 is 0 Å². The topological polar surface area (TPSA) is 38.0 Å². The summed E-state index contributed by atoms with van der Waals surface area (Å²) < 4.78 is 14.5. The summed E-state index contributed by atoms with van der Waals surface area (Å²) in [4.78, 5) is 0. The van der Waals surface area contributed by atoms with E-state index in [1.165, 1.54) is 11.6 Å². The zero-order valence-electron chi connectivity index (χ0n) is 15.9. The first-order chi connectivity index (χ1) is 12.9. The van der Waals surface area contributed by atoms with Crippen molar-refractivity contribution < 1.29 is 4.39 Å². The molecule has 0 atom stereocenters. The van der Waals surface area contributed by atoms with Gasteiger partial charge in [-0.05, 0) is 52.6 Å². The first kappa shape index (κ1) is 20.2. The SMILES string of the molecule is C=CC(=C)Nc1ccc(C/C(N)=c2\cc(C=C)c(CCC)cc2=C)c(F)c1. The molecule has 0 aromatic heterocycles. The smallest absolute Gasteiger partial charge is 0.128 e. The maximum Gasteiger partial charge on any atom is 0.128 e. The van der Waals surface area contributed by atoms with E-state index in [0.29, 0.717) is 29.1 Å². The molecule has 0 fully saturated rings. The fourth-order valence-electron chi connectivity index (χ4n) is 2.99. The van der Waals surface area contributed by atoms with Crippen molar-refractivity contribution in [3.8, 4) is 0 Å². The highest BCUT2D eigenvalue weighted by Crippen LogP contribution is 2.18. The lowest BCUT2D eigenvalue weighted by atomic mass is 9.99. The molecule has 0 aliphatic carbocycles. The van der Waals surface area contributed by atoms with Crippen molar-refractivity contribution in [2.45, 2.75) is 26.2 Å². The van der Waals surface area contributed by atoms with Gasteiger partial charge in [0.25, 0.3) is 0 Å². The monoisotopic (exact) mass is 362 g/mol. The number of nitrogens with one attached hydrogen (secondary N) is 1. The zero-order valence-corrected chi connectivity index (χ0v) is 15.9. The summed E-state index contributed by atoms with van der Waals surface area (Å²) in [7, 11) is 0. The Balaban J connectivity index is 2.39. The Kier molecular flexibility index (Phi) is 6.78. The van der Waals surface area contributed by atoms with Gasteiger partial charge in [0.05, 0.1) is 0 Å². The maximum absolute atomic E-state index is 14.5. The second kappa shape index (κ2) is 9.04. The van der Waals surface area contributed by atoms with Gasteiger partial charge in [-0.3, -0.25) is 0 Å². The predicted octanol–water partition coefficient (Wildman–Crippen LogP) is 4.25. The van der Waals surface area contributed by atoms with Crippen molar-refractivity contribution in [2.75, 3.05) is 5.32 Å². The van der Waals surface area contributed by atoms with E-state index in [0.717, 1.165) is 28.8 Å². The molecule has 0 bridgehead atoms. The molecule has 0 heterocycles. The molecule has 0 spiro atoms. The van der Waals surface area contributed by atoms with E-state index in [2.05, 4.69) is 38.6 Å². The van der Waals surface area contributed by atoms with Crippen molar-refractivity contribution in [1.29, 1.82) is 0 Å². The van der Waals surface area contributed by atoms with Crippen LogP contribution >= 0.6 is 0 Å². The van der Waals surface area contributed by atoms with Crippen LogP contribution in [0.5, 0.6) is 0 Å². The molecule has 0 aliphatic heterocycles. The van der Waals surface area contributed by atoms with E-state index in [1.807, 2.05) is 18.2 Å². The van der Waals surface area contributed by atoms with Crippen LogP contribution in [0.2, 0.25) is 0 Å². The third-order valence-corrected chi connectivity index (χ3v) is 4.44. The molecule has 0 saturated carbocycles. The average Bonchev–Trinajstić information content (AvgIpc) is 2.64. The summed E-state index contributed by atoms with van der Waals surface area (Å²) in [6, 6.07) is 9.00. The Hall–Kier alpha value is -3.07. The van der Waals surface area contributed by atoms with E-state index in [4.69, 9.17) is 5.73 Å². The minimum atomic E-state index is -0.322. The molecule has 0 saturated heterocycles. The molecular formula is C24H27FN2. The number of anilines is 1. The Morgan fingerprint density at radius 1 is 1.19 bits per heavy atom. The van der Waals surface area contributed by atoms with E-state index in [-0.39, 0.29) is 5.82 Å². The molecule has 0 amide bonds. The van der Waals surface area contributed by atoms with Crippen molar-refractivity contribution in [3.05, 3.63) is 94.8 Å². The van der Waals surface area contributed by atoms with Crippen LogP contribution in [0.25, 0.3) is 18.4 Å². The van der Waals surface area contributed by atoms with Crippen LogP contribution in [-0.4, -0.2) is 0 Å². The summed E-state index contributed by atoms with van der Waals surface area (Å²) in [6.07, 6.45) is 5.72. The van der Waals surface area contributed by atoms with Gasteiger partial charge in [-0.1, -0.05) is 57.9 Å². The molecule has 0 aliphatic rings. The van der Waals surface area contributed by atoms with Gasteiger partial charge < -0.3 is 11.1 Å². The Morgan fingerprint density at radius 3 is 2.52 bits per heavy atom. The Labute approximate surface area is 160 Å². The number of benzene rings is 2. The highest BCUT2D eigenvalue weighted by Gasteiger charge is 2.07. The molecule has 2 nitrogen and oxygen atoms in total. The van der Waals surface area contributed by atoms with Gasteiger partial charge in [-0.15, -0.1) is 0 Å². The molecular weight excluding hydrogens is 335 g/mol. The van der Waals surface area contributed by atoms with Crippen LogP contribution in [0.1, 0.15) is 30.0 Å². The minimum Gasteiger partial charge on any atom is -0.401 e. The highest BCUT2D eigenvalue weighted by atomic mass is 19.1. The molecule has 0 radical (unpaired) electrons. The molecule has 2 aromatic rings. The van der Waals surface area contributed by atoms with Crippen molar-refractivity contribution >= 4 is 24.0 Å². The van der Waals surface area contributed by atoms with Gasteiger partial charge in [-0.25, -0.2) is 4.39 Å². The van der Waals surface area contributed by atoms with Crippen LogP contribution in [0.4, 0.5) is 10.1 Å². The standard InChI is InChI=1S/C24H27FN2/c1-6-9-19-12-16(4)22(13-18(19)8-3)24(26)14-20-10-11-21(15-23(20)25)27-17(5)7-2/h7-8,10-13,15,27H,2-6,9,14,26H2,1H3/b24-22-. The Bertz CT molecular complexity index is 986. The van der Waals surface area contributed by atoms with Gasteiger partial charge in [-0.2, -0.15) is 0 Å². The lowest BCUT2D eigenvalue weighted by Gasteiger charge is -2.10. The van der Waals surface area contributed by atoms with Gasteiger partial charge in [0.1, 0.15) is 5.82 Å². The average molecular weight is 362 g/mol. The van der Waals surface area contributed by atoms with Crippen LogP contribution < -0.4 is 21.5 Å². The fourth-order valence-corrected chi connectivity index (χ4v) is 2.99. The molecule has 27 heavy (non-hydrogen) atoms. The van der Waals surface area contributed by atoms with Gasteiger partial charge in [0, 0.05) is 28.7 Å². The van der Waals surface area contributed by atoms with Gasteiger partial charge in [0.15, 0.2) is 0 Å². The lowest BCUT2D eigenvalue weighted by molar-refractivity contribution is 0.615. The molecule has 3 heteroatoms. The van der Waals surface area contributed by atoms with Gasteiger partial charge >= 0.3 is 0 Å². The predicted molar refractivity (Wildman–Crippen MR) is 116 cm³/mol.